The van der Waals surface area contributed by atoms with Crippen molar-refractivity contribution in [1.82, 2.24) is 20.5 Å². The van der Waals surface area contributed by atoms with E-state index < -0.39 is 6.86 Å². The van der Waals surface area contributed by atoms with Gasteiger partial charge in [0, 0.05) is 26.1 Å². The molecule has 0 radical (unpaired) electrons. The van der Waals surface area contributed by atoms with E-state index in [2.05, 4.69) is 25.8 Å². The molecule has 0 aliphatic rings. The summed E-state index contributed by atoms with van der Waals surface area (Å²) in [6, 6.07) is 5.19. The van der Waals surface area contributed by atoms with E-state index in [4.69, 9.17) is 10.5 Å². The van der Waals surface area contributed by atoms with Crippen LogP contribution in [0.2, 0.25) is 0 Å². The number of carbonyl (C=O) groups is 1. The average molecular weight is 364 g/mol. The quantitative estimate of drug-likeness (QED) is 0.477. The number of aromatic nitrogens is 3. The topological polar surface area (TPSA) is 118 Å². The minimum absolute atomic E-state index is 0.0963. The number of H-pyrrole nitrogens is 1. The molecule has 2 heterocycles. The maximum absolute atomic E-state index is 12.3. The first kappa shape index (κ1) is 17.0. The van der Waals surface area contributed by atoms with Gasteiger partial charge < -0.3 is 21.1 Å². The number of anilines is 2. The summed E-state index contributed by atoms with van der Waals surface area (Å²) in [6.07, 6.45) is 0. The van der Waals surface area contributed by atoms with Gasteiger partial charge in [-0.2, -0.15) is 5.10 Å². The number of nitrogens with one attached hydrogen (secondary N) is 3. The van der Waals surface area contributed by atoms with Crippen LogP contribution < -0.4 is 21.1 Å². The lowest BCUT2D eigenvalue weighted by Gasteiger charge is -2.05. The number of hydrogen-bond acceptors (Lipinski definition) is 7. The lowest BCUT2D eigenvalue weighted by Crippen LogP contribution is -2.26. The van der Waals surface area contributed by atoms with Gasteiger partial charge in [0.05, 0.1) is 15.8 Å². The molecule has 0 unspecified atom stereocenters. The maximum Gasteiger partial charge on any atom is 0.228 e. The van der Waals surface area contributed by atoms with E-state index in [9.17, 15) is 9.18 Å². The first-order valence-electron chi connectivity index (χ1n) is 7.50. The highest BCUT2D eigenvalue weighted by Crippen LogP contribution is 2.37. The van der Waals surface area contributed by atoms with Crippen molar-refractivity contribution in [2.24, 2.45) is 0 Å². The third-order valence-electron chi connectivity index (χ3n) is 3.38. The smallest absolute Gasteiger partial charge is 0.228 e. The van der Waals surface area contributed by atoms with Gasteiger partial charge >= 0.3 is 0 Å². The molecule has 10 heteroatoms. The molecule has 3 rings (SSSR count). The van der Waals surface area contributed by atoms with E-state index in [0.29, 0.717) is 46.6 Å². The summed E-state index contributed by atoms with van der Waals surface area (Å²) in [4.78, 5) is 15.4. The molecular weight excluding hydrogens is 347 g/mol. The minimum atomic E-state index is -0.889. The zero-order chi connectivity index (χ0) is 17.8. The summed E-state index contributed by atoms with van der Waals surface area (Å²) in [5.41, 5.74) is 7.34. The lowest BCUT2D eigenvalue weighted by atomic mass is 10.3. The summed E-state index contributed by atoms with van der Waals surface area (Å²) < 4.78 is 18.1. The fourth-order valence-corrected chi connectivity index (χ4v) is 3.29. The molecule has 1 aromatic carbocycles. The van der Waals surface area contributed by atoms with E-state index >= 15 is 0 Å². The van der Waals surface area contributed by atoms with Gasteiger partial charge in [-0.25, -0.2) is 9.37 Å². The van der Waals surface area contributed by atoms with Crippen LogP contribution in [0.5, 0.6) is 5.75 Å². The number of hydrogen-bond donors (Lipinski definition) is 4. The number of fused-ring (bicyclic) bond motifs is 1. The van der Waals surface area contributed by atoms with Crippen molar-refractivity contribution in [2.75, 3.05) is 31.0 Å². The van der Waals surface area contributed by atoms with Crippen LogP contribution in [-0.4, -0.2) is 41.0 Å². The van der Waals surface area contributed by atoms with Gasteiger partial charge in [-0.15, -0.1) is 11.3 Å². The van der Waals surface area contributed by atoms with Crippen LogP contribution in [0, 0.1) is 0 Å². The second-order valence-corrected chi connectivity index (χ2v) is 6.20. The number of thiazole rings is 1. The number of alkyl halides is 1. The molecular formula is C15H17FN6O2S. The molecule has 0 aliphatic carbocycles. The Labute approximate surface area is 146 Å². The Kier molecular flexibility index (Phi) is 4.98. The molecule has 1 amide bonds. The zero-order valence-electron chi connectivity index (χ0n) is 13.4. The number of aromatic amines is 1. The summed E-state index contributed by atoms with van der Waals surface area (Å²) in [5, 5.41) is 13.4. The Hall–Kier alpha value is -2.88. The Morgan fingerprint density at radius 1 is 1.44 bits per heavy atom. The molecule has 132 valence electrons. The van der Waals surface area contributed by atoms with Crippen LogP contribution in [0.4, 0.5) is 16.0 Å². The van der Waals surface area contributed by atoms with Crippen molar-refractivity contribution in [3.8, 4) is 16.3 Å². The van der Waals surface area contributed by atoms with E-state index in [0.717, 1.165) is 4.70 Å². The molecule has 0 spiro atoms. The van der Waals surface area contributed by atoms with Crippen molar-refractivity contribution in [3.63, 3.8) is 0 Å². The molecule has 0 saturated heterocycles. The third kappa shape index (κ3) is 3.79. The second kappa shape index (κ2) is 7.34. The molecule has 5 N–H and O–H groups in total. The molecule has 0 fully saturated rings. The molecule has 0 bridgehead atoms. The SMILES string of the molecule is CC(=O)NCCNc1n[nH]c(N)c1-c1nc2cc(OCF)ccc2s1. The van der Waals surface area contributed by atoms with Crippen LogP contribution in [0.25, 0.3) is 20.8 Å². The standard InChI is InChI=1S/C15H17FN6O2S/c1-8(23)18-4-5-19-14-12(13(17)21-22-14)15-20-10-6-9(24-7-16)2-3-11(10)25-15/h2-3,6H,4-5,7H2,1H3,(H,18,23)(H4,17,19,21,22). The van der Waals surface area contributed by atoms with E-state index in [1.807, 2.05) is 6.07 Å². The number of ether oxygens (including phenoxy) is 1. The summed E-state index contributed by atoms with van der Waals surface area (Å²) >= 11 is 1.44. The third-order valence-corrected chi connectivity index (χ3v) is 4.43. The Morgan fingerprint density at radius 3 is 3.04 bits per heavy atom. The fourth-order valence-electron chi connectivity index (χ4n) is 2.29. The van der Waals surface area contributed by atoms with Gasteiger partial charge in [0.15, 0.2) is 5.82 Å². The molecule has 0 atom stereocenters. The van der Waals surface area contributed by atoms with Crippen LogP contribution in [0.15, 0.2) is 18.2 Å². The maximum atomic E-state index is 12.3. The number of nitrogens with two attached hydrogens (primary N) is 1. The number of carbonyl (C=O) groups excluding carboxylic acids is 1. The van der Waals surface area contributed by atoms with Crippen molar-refractivity contribution >= 4 is 39.1 Å². The summed E-state index contributed by atoms with van der Waals surface area (Å²) in [7, 11) is 0. The number of benzene rings is 1. The number of nitrogen functional groups attached to an aromatic ring is 1. The monoisotopic (exact) mass is 364 g/mol. The highest BCUT2D eigenvalue weighted by atomic mass is 32.1. The summed E-state index contributed by atoms with van der Waals surface area (Å²) in [5.74, 6) is 1.27. The molecule has 3 aromatic rings. The summed E-state index contributed by atoms with van der Waals surface area (Å²) in [6.45, 7) is 1.53. The molecule has 8 nitrogen and oxygen atoms in total. The van der Waals surface area contributed by atoms with Crippen molar-refractivity contribution < 1.29 is 13.9 Å². The van der Waals surface area contributed by atoms with Crippen LogP contribution in [0.3, 0.4) is 0 Å². The largest absolute Gasteiger partial charge is 0.463 e. The number of rotatable bonds is 7. The van der Waals surface area contributed by atoms with Gasteiger partial charge in [0.2, 0.25) is 12.8 Å². The Morgan fingerprint density at radius 2 is 2.28 bits per heavy atom. The minimum Gasteiger partial charge on any atom is -0.463 e. The predicted molar refractivity (Wildman–Crippen MR) is 95.4 cm³/mol. The van der Waals surface area contributed by atoms with E-state index in [1.165, 1.54) is 18.3 Å². The van der Waals surface area contributed by atoms with Gasteiger partial charge in [0.25, 0.3) is 0 Å². The van der Waals surface area contributed by atoms with Crippen molar-refractivity contribution in [3.05, 3.63) is 18.2 Å². The first-order chi connectivity index (χ1) is 12.1. The molecule has 0 saturated carbocycles. The molecule has 2 aromatic heterocycles. The van der Waals surface area contributed by atoms with E-state index in [-0.39, 0.29) is 5.91 Å². The number of nitrogens with zero attached hydrogens (tertiary/aromatic N) is 2. The second-order valence-electron chi connectivity index (χ2n) is 5.17. The zero-order valence-corrected chi connectivity index (χ0v) is 14.2. The van der Waals surface area contributed by atoms with Crippen LogP contribution in [0.1, 0.15) is 6.92 Å². The van der Waals surface area contributed by atoms with Gasteiger partial charge in [-0.05, 0) is 12.1 Å². The Bertz CT molecular complexity index is 893. The van der Waals surface area contributed by atoms with Gasteiger partial charge in [0.1, 0.15) is 16.6 Å². The molecule has 25 heavy (non-hydrogen) atoms. The Balaban J connectivity index is 1.84. The van der Waals surface area contributed by atoms with Gasteiger partial charge in [-0.3, -0.25) is 9.89 Å². The first-order valence-corrected chi connectivity index (χ1v) is 8.32. The fraction of sp³-hybridized carbons (Fsp3) is 0.267. The van der Waals surface area contributed by atoms with Crippen LogP contribution in [-0.2, 0) is 4.79 Å². The lowest BCUT2D eigenvalue weighted by molar-refractivity contribution is -0.118. The predicted octanol–water partition coefficient (Wildman–Crippen LogP) is 2.12. The highest BCUT2D eigenvalue weighted by Gasteiger charge is 2.17. The van der Waals surface area contributed by atoms with E-state index in [1.54, 1.807) is 12.1 Å². The highest BCUT2D eigenvalue weighted by molar-refractivity contribution is 7.21. The average Bonchev–Trinajstić information content (AvgIpc) is 3.14. The van der Waals surface area contributed by atoms with Crippen molar-refractivity contribution in [2.45, 2.75) is 6.92 Å². The molecule has 0 aliphatic heterocycles. The number of halogens is 1. The number of amides is 1. The van der Waals surface area contributed by atoms with Gasteiger partial charge in [-0.1, -0.05) is 0 Å². The van der Waals surface area contributed by atoms with Crippen LogP contribution >= 0.6 is 11.3 Å². The van der Waals surface area contributed by atoms with Crippen molar-refractivity contribution in [1.29, 1.82) is 0 Å². The normalized spacial score (nSPS) is 10.8.